The van der Waals surface area contributed by atoms with E-state index in [9.17, 15) is 4.79 Å². The highest BCUT2D eigenvalue weighted by molar-refractivity contribution is 9.10. The van der Waals surface area contributed by atoms with Gasteiger partial charge in [0, 0.05) is 36.3 Å². The Kier molecular flexibility index (Phi) is 5.05. The van der Waals surface area contributed by atoms with Crippen LogP contribution in [0.4, 0.5) is 5.69 Å². The van der Waals surface area contributed by atoms with Crippen LogP contribution in [0.3, 0.4) is 0 Å². The van der Waals surface area contributed by atoms with E-state index in [0.29, 0.717) is 11.6 Å². The second kappa shape index (κ2) is 6.59. The van der Waals surface area contributed by atoms with Gasteiger partial charge in [0.1, 0.15) is 0 Å². The molecule has 1 saturated heterocycles. The molecular formula is C15H21BrN2O2. The molecule has 1 aliphatic heterocycles. The van der Waals surface area contributed by atoms with Crippen molar-refractivity contribution in [3.05, 3.63) is 28.2 Å². The van der Waals surface area contributed by atoms with Crippen LogP contribution in [0.2, 0.25) is 0 Å². The highest BCUT2D eigenvalue weighted by Crippen LogP contribution is 2.26. The molecule has 110 valence electrons. The molecule has 1 aromatic carbocycles. The predicted molar refractivity (Wildman–Crippen MR) is 84.6 cm³/mol. The topological polar surface area (TPSA) is 43.8 Å². The van der Waals surface area contributed by atoms with E-state index in [1.165, 1.54) is 0 Å². The van der Waals surface area contributed by atoms with Gasteiger partial charge in [-0.1, -0.05) is 22.9 Å². The van der Waals surface area contributed by atoms with E-state index in [1.807, 2.05) is 6.07 Å². The monoisotopic (exact) mass is 340 g/mol. The molecule has 20 heavy (non-hydrogen) atoms. The molecule has 0 aromatic heterocycles. The first-order valence-corrected chi connectivity index (χ1v) is 7.79. The molecule has 1 fully saturated rings. The maximum Gasteiger partial charge on any atom is 0.335 e. The van der Waals surface area contributed by atoms with Crippen LogP contribution in [0.1, 0.15) is 30.1 Å². The minimum absolute atomic E-state index is 0.326. The van der Waals surface area contributed by atoms with Crippen molar-refractivity contribution in [1.29, 1.82) is 0 Å². The first kappa shape index (κ1) is 15.3. The number of nitrogens with zero attached hydrogens (tertiary/aromatic N) is 2. The zero-order valence-electron chi connectivity index (χ0n) is 12.0. The van der Waals surface area contributed by atoms with Crippen LogP contribution < -0.4 is 4.90 Å². The van der Waals surface area contributed by atoms with E-state index in [-0.39, 0.29) is 0 Å². The molecule has 1 aromatic rings. The number of carbonyl (C=O) groups is 1. The van der Waals surface area contributed by atoms with E-state index in [1.54, 1.807) is 12.1 Å². The highest BCUT2D eigenvalue weighted by atomic mass is 79.9. The Bertz CT molecular complexity index is 485. The van der Waals surface area contributed by atoms with Gasteiger partial charge < -0.3 is 14.9 Å². The molecule has 0 atom stereocenters. The third kappa shape index (κ3) is 3.52. The summed E-state index contributed by atoms with van der Waals surface area (Å²) in [6, 6.07) is 5.85. The molecule has 4 nitrogen and oxygen atoms in total. The summed E-state index contributed by atoms with van der Waals surface area (Å²) in [5.41, 5.74) is 1.29. The lowest BCUT2D eigenvalue weighted by molar-refractivity contribution is 0.0697. The van der Waals surface area contributed by atoms with Gasteiger partial charge in [-0.15, -0.1) is 0 Å². The van der Waals surface area contributed by atoms with Crippen LogP contribution in [0.25, 0.3) is 0 Å². The largest absolute Gasteiger partial charge is 0.478 e. The lowest BCUT2D eigenvalue weighted by atomic mass is 10.0. The van der Waals surface area contributed by atoms with Gasteiger partial charge in [-0.25, -0.2) is 4.79 Å². The Morgan fingerprint density at radius 1 is 1.40 bits per heavy atom. The molecule has 0 aliphatic carbocycles. The van der Waals surface area contributed by atoms with Gasteiger partial charge in [0.2, 0.25) is 0 Å². The van der Waals surface area contributed by atoms with Crippen molar-refractivity contribution in [2.45, 2.75) is 25.8 Å². The van der Waals surface area contributed by atoms with Crippen LogP contribution in [0.15, 0.2) is 22.7 Å². The van der Waals surface area contributed by atoms with Gasteiger partial charge in [-0.3, -0.25) is 0 Å². The van der Waals surface area contributed by atoms with Crippen LogP contribution in [-0.4, -0.2) is 48.7 Å². The van der Waals surface area contributed by atoms with Crippen molar-refractivity contribution in [2.75, 3.05) is 31.6 Å². The Labute approximate surface area is 128 Å². The van der Waals surface area contributed by atoms with E-state index in [4.69, 9.17) is 5.11 Å². The van der Waals surface area contributed by atoms with Crippen LogP contribution in [-0.2, 0) is 0 Å². The van der Waals surface area contributed by atoms with Gasteiger partial charge >= 0.3 is 5.97 Å². The number of hydrogen-bond acceptors (Lipinski definition) is 3. The first-order chi connectivity index (χ1) is 9.51. The molecule has 0 bridgehead atoms. The fourth-order valence-electron chi connectivity index (χ4n) is 2.73. The number of hydrogen-bond donors (Lipinski definition) is 1. The average Bonchev–Trinajstić information content (AvgIpc) is 2.46. The van der Waals surface area contributed by atoms with Gasteiger partial charge in [-0.05, 0) is 37.6 Å². The number of carboxylic acid groups (broad SMARTS) is 1. The van der Waals surface area contributed by atoms with E-state index in [2.05, 4.69) is 39.7 Å². The molecule has 1 N–H and O–H groups in total. The summed E-state index contributed by atoms with van der Waals surface area (Å²) in [5, 5.41) is 9.15. The maximum atomic E-state index is 11.1. The van der Waals surface area contributed by atoms with Gasteiger partial charge in [0.15, 0.2) is 0 Å². The number of aromatic carboxylic acids is 1. The molecule has 5 heteroatoms. The number of halogens is 1. The minimum atomic E-state index is -0.887. The smallest absolute Gasteiger partial charge is 0.335 e. The number of carboxylic acids is 1. The first-order valence-electron chi connectivity index (χ1n) is 7.00. The quantitative estimate of drug-likeness (QED) is 0.914. The standard InChI is InChI=1S/C15H21BrN2O2/c1-3-18-6-4-13(5-7-18)17(2)14-9-11(15(19)20)8-12(16)10-14/h8-10,13H,3-7H2,1-2H3,(H,19,20). The summed E-state index contributed by atoms with van der Waals surface area (Å²) >= 11 is 3.40. The summed E-state index contributed by atoms with van der Waals surface area (Å²) in [5.74, 6) is -0.887. The molecule has 1 aliphatic rings. The summed E-state index contributed by atoms with van der Waals surface area (Å²) in [4.78, 5) is 15.8. The van der Waals surface area contributed by atoms with Crippen molar-refractivity contribution in [3.63, 3.8) is 0 Å². The average molecular weight is 341 g/mol. The number of benzene rings is 1. The van der Waals surface area contributed by atoms with Gasteiger partial charge in [0.25, 0.3) is 0 Å². The molecule has 0 saturated carbocycles. The molecule has 2 rings (SSSR count). The summed E-state index contributed by atoms with van der Waals surface area (Å²) in [6.45, 7) is 5.53. The van der Waals surface area contributed by atoms with Crippen LogP contribution in [0, 0.1) is 0 Å². The highest BCUT2D eigenvalue weighted by Gasteiger charge is 2.22. The number of likely N-dealkylation sites (tertiary alicyclic amines) is 1. The normalized spacial score (nSPS) is 17.1. The van der Waals surface area contributed by atoms with Crippen molar-refractivity contribution in [1.82, 2.24) is 4.90 Å². The minimum Gasteiger partial charge on any atom is -0.478 e. The van der Waals surface area contributed by atoms with Crippen molar-refractivity contribution in [2.24, 2.45) is 0 Å². The summed E-state index contributed by atoms with van der Waals surface area (Å²) in [6.07, 6.45) is 2.25. The third-order valence-corrected chi connectivity index (χ3v) is 4.55. The van der Waals surface area contributed by atoms with Crippen molar-refractivity contribution < 1.29 is 9.90 Å². The lowest BCUT2D eigenvalue weighted by Crippen LogP contribution is -2.43. The van der Waals surface area contributed by atoms with E-state index in [0.717, 1.165) is 42.6 Å². The lowest BCUT2D eigenvalue weighted by Gasteiger charge is -2.37. The van der Waals surface area contributed by atoms with Crippen molar-refractivity contribution >= 4 is 27.6 Å². The Hall–Kier alpha value is -1.07. The molecule has 0 unspecified atom stereocenters. The Morgan fingerprint density at radius 3 is 2.60 bits per heavy atom. The SMILES string of the molecule is CCN1CCC(N(C)c2cc(Br)cc(C(=O)O)c2)CC1. The molecule has 0 spiro atoms. The van der Waals surface area contributed by atoms with Gasteiger partial charge in [-0.2, -0.15) is 0 Å². The zero-order valence-corrected chi connectivity index (χ0v) is 13.6. The summed E-state index contributed by atoms with van der Waals surface area (Å²) < 4.78 is 0.810. The van der Waals surface area contributed by atoms with E-state index < -0.39 is 5.97 Å². The maximum absolute atomic E-state index is 11.1. The van der Waals surface area contributed by atoms with Gasteiger partial charge in [0.05, 0.1) is 5.56 Å². The summed E-state index contributed by atoms with van der Waals surface area (Å²) in [7, 11) is 2.06. The number of anilines is 1. The number of rotatable bonds is 4. The second-order valence-electron chi connectivity index (χ2n) is 5.28. The van der Waals surface area contributed by atoms with Crippen molar-refractivity contribution in [3.8, 4) is 0 Å². The molecule has 0 amide bonds. The zero-order chi connectivity index (χ0) is 14.7. The molecule has 1 heterocycles. The van der Waals surface area contributed by atoms with Crippen LogP contribution >= 0.6 is 15.9 Å². The Morgan fingerprint density at radius 2 is 2.05 bits per heavy atom. The third-order valence-electron chi connectivity index (χ3n) is 4.09. The number of piperidine rings is 1. The fourth-order valence-corrected chi connectivity index (χ4v) is 3.22. The van der Waals surface area contributed by atoms with E-state index >= 15 is 0 Å². The molecular weight excluding hydrogens is 320 g/mol. The predicted octanol–water partition coefficient (Wildman–Crippen LogP) is 3.07. The Balaban J connectivity index is 2.13. The molecule has 0 radical (unpaired) electrons. The second-order valence-corrected chi connectivity index (χ2v) is 6.20. The van der Waals surface area contributed by atoms with Crippen LogP contribution in [0.5, 0.6) is 0 Å². The fraction of sp³-hybridized carbons (Fsp3) is 0.533.